The molecular formula is C20H15F3N2OS. The monoisotopic (exact) mass is 388 g/mol. The van der Waals surface area contributed by atoms with Crippen molar-refractivity contribution in [3.8, 4) is 11.3 Å². The van der Waals surface area contributed by atoms with E-state index in [1.165, 1.54) is 28.4 Å². The van der Waals surface area contributed by atoms with Gasteiger partial charge in [0, 0.05) is 23.1 Å². The largest absolute Gasteiger partial charge is 0.416 e. The average Bonchev–Trinajstić information content (AvgIpc) is 3.15. The van der Waals surface area contributed by atoms with Crippen LogP contribution < -0.4 is 4.90 Å². The Kier molecular flexibility index (Phi) is 5.41. The molecule has 0 saturated heterocycles. The number of hydrogen-bond acceptors (Lipinski definition) is 3. The van der Waals surface area contributed by atoms with Crippen molar-refractivity contribution >= 4 is 22.4 Å². The molecule has 0 spiro atoms. The summed E-state index contributed by atoms with van der Waals surface area (Å²) in [7, 11) is 0. The van der Waals surface area contributed by atoms with Gasteiger partial charge in [0.05, 0.1) is 11.3 Å². The summed E-state index contributed by atoms with van der Waals surface area (Å²) in [5.74, 6) is -0.433. The second kappa shape index (κ2) is 7.75. The van der Waals surface area contributed by atoms with Crippen LogP contribution in [0, 0.1) is 0 Å². The van der Waals surface area contributed by atoms with Gasteiger partial charge < -0.3 is 0 Å². The van der Waals surface area contributed by atoms with Crippen molar-refractivity contribution in [2.24, 2.45) is 0 Å². The Labute approximate surface area is 158 Å². The van der Waals surface area contributed by atoms with E-state index in [0.29, 0.717) is 5.13 Å². The lowest BCUT2D eigenvalue weighted by molar-refractivity contribution is -0.137. The first kappa shape index (κ1) is 18.8. The number of amides is 1. The fourth-order valence-corrected chi connectivity index (χ4v) is 3.31. The Morgan fingerprint density at radius 2 is 1.78 bits per heavy atom. The standard InChI is InChI=1S/C20H15F3N2OS/c1-2-12-25(18(26)15-8-10-16(11-9-15)20(21,22)23)19-24-17(13-27-19)14-6-4-3-5-7-14/h2-11,13H,1,12H2. The molecule has 0 aliphatic rings. The topological polar surface area (TPSA) is 33.2 Å². The number of rotatable bonds is 5. The molecule has 1 amide bonds. The maximum absolute atomic E-state index is 12.8. The molecule has 0 N–H and O–H groups in total. The molecule has 0 atom stereocenters. The molecule has 2 aromatic carbocycles. The summed E-state index contributed by atoms with van der Waals surface area (Å²) in [6, 6.07) is 13.6. The number of benzene rings is 2. The van der Waals surface area contributed by atoms with Crippen LogP contribution in [0.5, 0.6) is 0 Å². The van der Waals surface area contributed by atoms with Gasteiger partial charge in [-0.05, 0) is 24.3 Å². The van der Waals surface area contributed by atoms with Gasteiger partial charge in [-0.3, -0.25) is 9.69 Å². The zero-order valence-corrected chi connectivity index (χ0v) is 14.9. The zero-order valence-electron chi connectivity index (χ0n) is 14.1. The van der Waals surface area contributed by atoms with Gasteiger partial charge in [-0.15, -0.1) is 17.9 Å². The number of aromatic nitrogens is 1. The quantitative estimate of drug-likeness (QED) is 0.528. The summed E-state index contributed by atoms with van der Waals surface area (Å²) >= 11 is 1.29. The third-order valence-corrected chi connectivity index (χ3v) is 4.67. The van der Waals surface area contributed by atoms with Gasteiger partial charge in [0.15, 0.2) is 5.13 Å². The Hall–Kier alpha value is -2.93. The molecule has 0 bridgehead atoms. The molecule has 0 fully saturated rings. The average molecular weight is 388 g/mol. The molecule has 138 valence electrons. The molecule has 0 aliphatic carbocycles. The van der Waals surface area contributed by atoms with E-state index in [-0.39, 0.29) is 12.1 Å². The summed E-state index contributed by atoms with van der Waals surface area (Å²) in [6.45, 7) is 3.84. The van der Waals surface area contributed by atoms with Gasteiger partial charge in [0.25, 0.3) is 5.91 Å². The Bertz CT molecular complexity index is 934. The van der Waals surface area contributed by atoms with E-state index < -0.39 is 17.6 Å². The second-order valence-electron chi connectivity index (χ2n) is 5.66. The van der Waals surface area contributed by atoms with E-state index in [0.717, 1.165) is 23.4 Å². The molecule has 1 aromatic heterocycles. The van der Waals surface area contributed by atoms with Crippen LogP contribution in [-0.2, 0) is 6.18 Å². The van der Waals surface area contributed by atoms with Crippen molar-refractivity contribution < 1.29 is 18.0 Å². The third-order valence-electron chi connectivity index (χ3n) is 3.81. The van der Waals surface area contributed by atoms with Gasteiger partial charge in [-0.25, -0.2) is 4.98 Å². The van der Waals surface area contributed by atoms with Crippen molar-refractivity contribution in [3.05, 3.63) is 83.8 Å². The van der Waals surface area contributed by atoms with E-state index in [2.05, 4.69) is 11.6 Å². The Morgan fingerprint density at radius 3 is 2.37 bits per heavy atom. The van der Waals surface area contributed by atoms with Crippen molar-refractivity contribution in [3.63, 3.8) is 0 Å². The molecule has 0 saturated carbocycles. The zero-order chi connectivity index (χ0) is 19.4. The van der Waals surface area contributed by atoms with E-state index in [9.17, 15) is 18.0 Å². The number of hydrogen-bond donors (Lipinski definition) is 0. The summed E-state index contributed by atoms with van der Waals surface area (Å²) < 4.78 is 38.1. The highest BCUT2D eigenvalue weighted by Gasteiger charge is 2.30. The van der Waals surface area contributed by atoms with Gasteiger partial charge in [0.1, 0.15) is 0 Å². The number of carbonyl (C=O) groups is 1. The van der Waals surface area contributed by atoms with Crippen LogP contribution in [0.3, 0.4) is 0 Å². The van der Waals surface area contributed by atoms with E-state index >= 15 is 0 Å². The summed E-state index contributed by atoms with van der Waals surface area (Å²) in [5, 5.41) is 2.29. The molecule has 0 unspecified atom stereocenters. The van der Waals surface area contributed by atoms with Crippen LogP contribution in [0.4, 0.5) is 18.3 Å². The predicted octanol–water partition coefficient (Wildman–Crippen LogP) is 5.66. The number of alkyl halides is 3. The SMILES string of the molecule is C=CCN(C(=O)c1ccc(C(F)(F)F)cc1)c1nc(-c2ccccc2)cs1. The van der Waals surface area contributed by atoms with Crippen LogP contribution in [-0.4, -0.2) is 17.4 Å². The first-order valence-electron chi connectivity index (χ1n) is 8.01. The lowest BCUT2D eigenvalue weighted by Crippen LogP contribution is -2.31. The molecule has 27 heavy (non-hydrogen) atoms. The van der Waals surface area contributed by atoms with Crippen molar-refractivity contribution in [1.29, 1.82) is 0 Å². The minimum atomic E-state index is -4.44. The van der Waals surface area contributed by atoms with Crippen molar-refractivity contribution in [2.45, 2.75) is 6.18 Å². The smallest absolute Gasteiger partial charge is 0.280 e. The van der Waals surface area contributed by atoms with Crippen molar-refractivity contribution in [2.75, 3.05) is 11.4 Å². The normalized spacial score (nSPS) is 11.2. The number of halogens is 3. The molecule has 0 radical (unpaired) electrons. The molecule has 3 aromatic rings. The highest BCUT2D eigenvalue weighted by molar-refractivity contribution is 7.14. The van der Waals surface area contributed by atoms with E-state index in [1.54, 1.807) is 6.08 Å². The van der Waals surface area contributed by atoms with E-state index in [1.807, 2.05) is 35.7 Å². The molecular weight excluding hydrogens is 373 g/mol. The first-order valence-corrected chi connectivity index (χ1v) is 8.89. The number of carbonyl (C=O) groups excluding carboxylic acids is 1. The summed E-state index contributed by atoms with van der Waals surface area (Å²) in [4.78, 5) is 18.7. The second-order valence-corrected chi connectivity index (χ2v) is 6.50. The third kappa shape index (κ3) is 4.25. The van der Waals surface area contributed by atoms with Crippen LogP contribution in [0.2, 0.25) is 0 Å². The number of anilines is 1. The highest BCUT2D eigenvalue weighted by atomic mass is 32.1. The van der Waals surface area contributed by atoms with E-state index in [4.69, 9.17) is 0 Å². The predicted molar refractivity (Wildman–Crippen MR) is 101 cm³/mol. The molecule has 7 heteroatoms. The fraction of sp³-hybridized carbons (Fsp3) is 0.100. The minimum absolute atomic E-state index is 0.154. The minimum Gasteiger partial charge on any atom is -0.280 e. The Morgan fingerprint density at radius 1 is 1.11 bits per heavy atom. The number of thiazole rings is 1. The molecule has 1 heterocycles. The fourth-order valence-electron chi connectivity index (χ4n) is 2.46. The van der Waals surface area contributed by atoms with Crippen LogP contribution >= 0.6 is 11.3 Å². The maximum Gasteiger partial charge on any atom is 0.416 e. The lowest BCUT2D eigenvalue weighted by Gasteiger charge is -2.18. The van der Waals surface area contributed by atoms with Gasteiger partial charge in [-0.2, -0.15) is 13.2 Å². The van der Waals surface area contributed by atoms with Crippen LogP contribution in [0.25, 0.3) is 11.3 Å². The van der Waals surface area contributed by atoms with Crippen LogP contribution in [0.15, 0.2) is 72.6 Å². The van der Waals surface area contributed by atoms with Gasteiger partial charge in [-0.1, -0.05) is 36.4 Å². The summed E-state index contributed by atoms with van der Waals surface area (Å²) in [6.07, 6.45) is -2.89. The Balaban J connectivity index is 1.88. The van der Waals surface area contributed by atoms with Gasteiger partial charge >= 0.3 is 6.18 Å². The van der Waals surface area contributed by atoms with Gasteiger partial charge in [0.2, 0.25) is 0 Å². The molecule has 0 aliphatic heterocycles. The highest BCUT2D eigenvalue weighted by Crippen LogP contribution is 2.31. The lowest BCUT2D eigenvalue weighted by atomic mass is 10.1. The molecule has 3 nitrogen and oxygen atoms in total. The molecule has 3 rings (SSSR count). The van der Waals surface area contributed by atoms with Crippen LogP contribution in [0.1, 0.15) is 15.9 Å². The maximum atomic E-state index is 12.8. The van der Waals surface area contributed by atoms with Crippen molar-refractivity contribution in [1.82, 2.24) is 4.98 Å². The summed E-state index contributed by atoms with van der Waals surface area (Å²) in [5.41, 5.74) is 1.00. The first-order chi connectivity index (χ1) is 12.9. The number of nitrogens with zero attached hydrogens (tertiary/aromatic N) is 2.